The lowest BCUT2D eigenvalue weighted by atomic mass is 10.1. The van der Waals surface area contributed by atoms with E-state index in [4.69, 9.17) is 9.47 Å². The van der Waals surface area contributed by atoms with Crippen molar-refractivity contribution in [2.75, 3.05) is 6.61 Å². The molecule has 142 valence electrons. The molecule has 0 amide bonds. The molecule has 0 spiro atoms. The van der Waals surface area contributed by atoms with E-state index in [0.29, 0.717) is 23.3 Å². The molecule has 7 nitrogen and oxygen atoms in total. The molecule has 0 aliphatic carbocycles. The summed E-state index contributed by atoms with van der Waals surface area (Å²) in [6, 6.07) is 10.6. The molecular formula is C20H21NO6. The Balaban J connectivity index is 1.97. The van der Waals surface area contributed by atoms with Gasteiger partial charge in [-0.1, -0.05) is 26.0 Å². The van der Waals surface area contributed by atoms with Gasteiger partial charge in [-0.2, -0.15) is 0 Å². The van der Waals surface area contributed by atoms with Gasteiger partial charge in [-0.25, -0.2) is 9.59 Å². The van der Waals surface area contributed by atoms with Crippen molar-refractivity contribution in [1.82, 2.24) is 0 Å². The molecule has 0 fully saturated rings. The van der Waals surface area contributed by atoms with E-state index < -0.39 is 16.9 Å². The number of hydrogen-bond acceptors (Lipinski definition) is 6. The minimum Gasteiger partial charge on any atom is -0.462 e. The van der Waals surface area contributed by atoms with Crippen molar-refractivity contribution >= 4 is 17.6 Å². The SMILES string of the molecule is Cc1ccc(COC(=O)c2ccc(C(=O)OCC(C)C)cc2)cc1[N+](=O)[O-]. The van der Waals surface area contributed by atoms with Crippen LogP contribution in [0.2, 0.25) is 0 Å². The zero-order valence-corrected chi connectivity index (χ0v) is 15.4. The third-order valence-electron chi connectivity index (χ3n) is 3.74. The van der Waals surface area contributed by atoms with Gasteiger partial charge in [0.15, 0.2) is 0 Å². The van der Waals surface area contributed by atoms with Crippen molar-refractivity contribution < 1.29 is 24.0 Å². The summed E-state index contributed by atoms with van der Waals surface area (Å²) in [7, 11) is 0. The molecule has 7 heteroatoms. The van der Waals surface area contributed by atoms with Gasteiger partial charge in [0, 0.05) is 11.6 Å². The summed E-state index contributed by atoms with van der Waals surface area (Å²) in [4.78, 5) is 34.5. The topological polar surface area (TPSA) is 95.7 Å². The van der Waals surface area contributed by atoms with E-state index in [9.17, 15) is 19.7 Å². The standard InChI is InChI=1S/C20H21NO6/c1-13(2)11-26-19(22)16-6-8-17(9-7-16)20(23)27-12-15-5-4-14(3)18(10-15)21(24)25/h4-10,13H,11-12H2,1-3H3. The zero-order chi connectivity index (χ0) is 20.0. The van der Waals surface area contributed by atoms with Crippen LogP contribution in [-0.2, 0) is 16.1 Å². The maximum atomic E-state index is 12.1. The first-order valence-electron chi connectivity index (χ1n) is 8.46. The molecule has 0 saturated heterocycles. The Morgan fingerprint density at radius 2 is 1.56 bits per heavy atom. The lowest BCUT2D eigenvalue weighted by Gasteiger charge is -2.08. The second kappa shape index (κ2) is 8.93. The van der Waals surface area contributed by atoms with Crippen LogP contribution in [0.3, 0.4) is 0 Å². The third-order valence-corrected chi connectivity index (χ3v) is 3.74. The van der Waals surface area contributed by atoms with E-state index in [0.717, 1.165) is 0 Å². The lowest BCUT2D eigenvalue weighted by Crippen LogP contribution is -2.11. The van der Waals surface area contributed by atoms with Crippen molar-refractivity contribution in [1.29, 1.82) is 0 Å². The van der Waals surface area contributed by atoms with Gasteiger partial charge in [-0.05, 0) is 42.7 Å². The number of ether oxygens (including phenoxy) is 2. The Bertz CT molecular complexity index is 842. The number of nitro benzene ring substituents is 1. The highest BCUT2D eigenvalue weighted by Gasteiger charge is 2.14. The highest BCUT2D eigenvalue weighted by molar-refractivity contribution is 5.93. The predicted molar refractivity (Wildman–Crippen MR) is 98.5 cm³/mol. The highest BCUT2D eigenvalue weighted by atomic mass is 16.6. The lowest BCUT2D eigenvalue weighted by molar-refractivity contribution is -0.385. The first kappa shape index (κ1) is 20.1. The summed E-state index contributed by atoms with van der Waals surface area (Å²) in [5, 5.41) is 11.0. The van der Waals surface area contributed by atoms with Crippen LogP contribution in [0.4, 0.5) is 5.69 Å². The average Bonchev–Trinajstić information content (AvgIpc) is 2.65. The quantitative estimate of drug-likeness (QED) is 0.413. The molecule has 0 aliphatic heterocycles. The van der Waals surface area contributed by atoms with Gasteiger partial charge in [0.25, 0.3) is 5.69 Å². The summed E-state index contributed by atoms with van der Waals surface area (Å²) in [5.41, 5.74) is 1.66. The minimum atomic E-state index is -0.583. The van der Waals surface area contributed by atoms with E-state index in [2.05, 4.69) is 0 Å². The molecule has 0 aliphatic rings. The smallest absolute Gasteiger partial charge is 0.338 e. The van der Waals surface area contributed by atoms with Crippen molar-refractivity contribution in [3.05, 3.63) is 74.8 Å². The van der Waals surface area contributed by atoms with Crippen molar-refractivity contribution in [2.45, 2.75) is 27.4 Å². The zero-order valence-electron chi connectivity index (χ0n) is 15.4. The number of nitrogens with zero attached hydrogens (tertiary/aromatic N) is 1. The van der Waals surface area contributed by atoms with E-state index >= 15 is 0 Å². The van der Waals surface area contributed by atoms with Crippen LogP contribution >= 0.6 is 0 Å². The fourth-order valence-electron chi connectivity index (χ4n) is 2.24. The largest absolute Gasteiger partial charge is 0.462 e. The van der Waals surface area contributed by atoms with Crippen LogP contribution < -0.4 is 0 Å². The summed E-state index contributed by atoms with van der Waals surface area (Å²) in [5.74, 6) is -0.795. The predicted octanol–water partition coefficient (Wildman–Crippen LogP) is 4.07. The Kier molecular flexibility index (Phi) is 6.65. The van der Waals surface area contributed by atoms with Gasteiger partial charge in [-0.15, -0.1) is 0 Å². The van der Waals surface area contributed by atoms with Gasteiger partial charge in [0.2, 0.25) is 0 Å². The Labute approximate surface area is 157 Å². The molecule has 0 heterocycles. The molecule has 2 rings (SSSR count). The first-order valence-corrected chi connectivity index (χ1v) is 8.46. The highest BCUT2D eigenvalue weighted by Crippen LogP contribution is 2.20. The maximum absolute atomic E-state index is 12.1. The first-order chi connectivity index (χ1) is 12.8. The number of rotatable bonds is 7. The molecule has 2 aromatic carbocycles. The van der Waals surface area contributed by atoms with Crippen molar-refractivity contribution in [3.63, 3.8) is 0 Å². The third kappa shape index (κ3) is 5.64. The van der Waals surface area contributed by atoms with Crippen LogP contribution in [0.25, 0.3) is 0 Å². The summed E-state index contributed by atoms with van der Waals surface area (Å²) in [6.07, 6.45) is 0. The van der Waals surface area contributed by atoms with Crippen LogP contribution in [0.5, 0.6) is 0 Å². The van der Waals surface area contributed by atoms with Gasteiger partial charge < -0.3 is 9.47 Å². The normalized spacial score (nSPS) is 10.5. The van der Waals surface area contributed by atoms with Gasteiger partial charge in [-0.3, -0.25) is 10.1 Å². The van der Waals surface area contributed by atoms with Gasteiger partial charge >= 0.3 is 11.9 Å². The van der Waals surface area contributed by atoms with Crippen molar-refractivity contribution in [2.24, 2.45) is 5.92 Å². The molecule has 0 unspecified atom stereocenters. The number of carbonyl (C=O) groups excluding carboxylic acids is 2. The van der Waals surface area contributed by atoms with Crippen molar-refractivity contribution in [3.8, 4) is 0 Å². The van der Waals surface area contributed by atoms with E-state index in [1.807, 2.05) is 13.8 Å². The number of carbonyl (C=O) groups is 2. The molecule has 0 bridgehead atoms. The number of benzene rings is 2. The second-order valence-electron chi connectivity index (χ2n) is 6.52. The van der Waals surface area contributed by atoms with E-state index in [1.54, 1.807) is 19.1 Å². The Hall–Kier alpha value is -3.22. The second-order valence-corrected chi connectivity index (χ2v) is 6.52. The Morgan fingerprint density at radius 1 is 1.00 bits per heavy atom. The number of nitro groups is 1. The fourth-order valence-corrected chi connectivity index (χ4v) is 2.24. The van der Waals surface area contributed by atoms with E-state index in [1.165, 1.54) is 30.3 Å². The molecule has 0 saturated carbocycles. The van der Waals surface area contributed by atoms with Crippen LogP contribution in [-0.4, -0.2) is 23.5 Å². The maximum Gasteiger partial charge on any atom is 0.338 e. The Morgan fingerprint density at radius 3 is 2.07 bits per heavy atom. The molecule has 27 heavy (non-hydrogen) atoms. The fraction of sp³-hybridized carbons (Fsp3) is 0.300. The minimum absolute atomic E-state index is 0.0205. The van der Waals surface area contributed by atoms with Gasteiger partial charge in [0.1, 0.15) is 6.61 Å². The van der Waals surface area contributed by atoms with Crippen LogP contribution in [0.1, 0.15) is 45.7 Å². The average molecular weight is 371 g/mol. The molecule has 0 radical (unpaired) electrons. The monoisotopic (exact) mass is 371 g/mol. The van der Waals surface area contributed by atoms with E-state index in [-0.39, 0.29) is 23.8 Å². The van der Waals surface area contributed by atoms with Gasteiger partial charge in [0.05, 0.1) is 22.7 Å². The van der Waals surface area contributed by atoms with Crippen LogP contribution in [0, 0.1) is 23.0 Å². The number of esters is 2. The number of aryl methyl sites for hydroxylation is 1. The molecule has 0 N–H and O–H groups in total. The molecule has 0 atom stereocenters. The van der Waals surface area contributed by atoms with Crippen LogP contribution in [0.15, 0.2) is 42.5 Å². The summed E-state index contributed by atoms with van der Waals surface area (Å²) < 4.78 is 10.3. The molecule has 2 aromatic rings. The summed E-state index contributed by atoms with van der Waals surface area (Å²) in [6.45, 7) is 5.76. The number of hydrogen-bond donors (Lipinski definition) is 0. The molecular weight excluding hydrogens is 350 g/mol. The molecule has 0 aromatic heterocycles. The summed E-state index contributed by atoms with van der Waals surface area (Å²) >= 11 is 0.